The normalized spacial score (nSPS) is 21.4. The highest BCUT2D eigenvalue weighted by atomic mass is 28.4. The van der Waals surface area contributed by atoms with Gasteiger partial charge in [0.1, 0.15) is 6.10 Å². The second-order valence-corrected chi connectivity index (χ2v) is 15.1. The lowest BCUT2D eigenvalue weighted by Crippen LogP contribution is -2.47. The van der Waals surface area contributed by atoms with Crippen molar-refractivity contribution in [1.29, 1.82) is 0 Å². The van der Waals surface area contributed by atoms with Gasteiger partial charge in [0.25, 0.3) is 0 Å². The SMILES string of the molecule is CCCCCCCCCCCCCCCCCC[N+](C)(C)CCC[Si]1(O)OCCOCC(OCCO)COCCO1. The molecule has 0 aliphatic carbocycles. The predicted octanol–water partition coefficient (Wildman–Crippen LogP) is 6.10. The molecule has 0 aromatic heterocycles. The summed E-state index contributed by atoms with van der Waals surface area (Å²) in [6.45, 7) is 6.74. The Morgan fingerprint density at radius 1 is 0.659 bits per heavy atom. The first-order chi connectivity index (χ1) is 19.9. The number of rotatable bonds is 24. The molecule has 0 saturated carbocycles. The summed E-state index contributed by atoms with van der Waals surface area (Å²) in [4.78, 5) is 11.1. The lowest BCUT2D eigenvalue weighted by atomic mass is 10.0. The van der Waals surface area contributed by atoms with Gasteiger partial charge in [0.15, 0.2) is 0 Å². The van der Waals surface area contributed by atoms with Crippen molar-refractivity contribution >= 4 is 8.80 Å². The fourth-order valence-corrected chi connectivity index (χ4v) is 7.21. The van der Waals surface area contributed by atoms with Crippen LogP contribution >= 0.6 is 0 Å². The Bertz CT molecular complexity index is 556. The topological polar surface area (TPSA) is 86.6 Å². The van der Waals surface area contributed by atoms with E-state index in [4.69, 9.17) is 28.2 Å². The van der Waals surface area contributed by atoms with Crippen LogP contribution in [0.4, 0.5) is 0 Å². The van der Waals surface area contributed by atoms with Crippen molar-refractivity contribution in [2.45, 2.75) is 128 Å². The Morgan fingerprint density at radius 2 is 1.10 bits per heavy atom. The number of unbranched alkanes of at least 4 members (excludes halogenated alkanes) is 15. The van der Waals surface area contributed by atoms with E-state index >= 15 is 0 Å². The smallest absolute Gasteiger partial charge is 0.394 e. The highest BCUT2D eigenvalue weighted by Crippen LogP contribution is 2.17. The number of hydrogen-bond acceptors (Lipinski definition) is 7. The number of hydrogen-bond donors (Lipinski definition) is 2. The summed E-state index contributed by atoms with van der Waals surface area (Å²) in [5.74, 6) is 0. The monoisotopic (exact) mass is 606 g/mol. The molecule has 0 spiro atoms. The highest BCUT2D eigenvalue weighted by Gasteiger charge is 2.37. The van der Waals surface area contributed by atoms with Crippen molar-refractivity contribution in [3.63, 3.8) is 0 Å². The van der Waals surface area contributed by atoms with Gasteiger partial charge in [-0.3, -0.25) is 0 Å². The molecule has 2 N–H and O–H groups in total. The van der Waals surface area contributed by atoms with Crippen molar-refractivity contribution in [3.8, 4) is 0 Å². The van der Waals surface area contributed by atoms with Crippen LogP contribution in [0.2, 0.25) is 6.04 Å². The molecule has 8 nitrogen and oxygen atoms in total. The van der Waals surface area contributed by atoms with E-state index in [2.05, 4.69) is 21.0 Å². The van der Waals surface area contributed by atoms with Crippen molar-refractivity contribution < 1.29 is 37.4 Å². The zero-order valence-corrected chi connectivity index (χ0v) is 28.3. The zero-order valence-electron chi connectivity index (χ0n) is 27.3. The van der Waals surface area contributed by atoms with Gasteiger partial charge in [0.05, 0.1) is 80.0 Å². The van der Waals surface area contributed by atoms with Crippen LogP contribution in [0, 0.1) is 0 Å². The Balaban J connectivity index is 2.06. The summed E-state index contributed by atoms with van der Waals surface area (Å²) in [6.07, 6.45) is 23.0. The van der Waals surface area contributed by atoms with Crippen molar-refractivity contribution in [3.05, 3.63) is 0 Å². The van der Waals surface area contributed by atoms with Crippen LogP contribution in [0.3, 0.4) is 0 Å². The first kappa shape index (κ1) is 38.9. The fourth-order valence-electron chi connectivity index (χ4n) is 5.43. The maximum atomic E-state index is 11.1. The molecule has 1 fully saturated rings. The molecule has 0 bridgehead atoms. The molecule has 1 saturated heterocycles. The van der Waals surface area contributed by atoms with E-state index in [0.717, 1.165) is 17.4 Å². The minimum absolute atomic E-state index is 0.0314. The van der Waals surface area contributed by atoms with Gasteiger partial charge < -0.3 is 37.4 Å². The molecule has 1 aliphatic rings. The van der Waals surface area contributed by atoms with Crippen LogP contribution in [0.5, 0.6) is 0 Å². The van der Waals surface area contributed by atoms with Crippen LogP contribution in [-0.2, 0) is 23.1 Å². The summed E-state index contributed by atoms with van der Waals surface area (Å²) in [5, 5.41) is 8.95. The molecule has 0 aromatic rings. The predicted molar refractivity (Wildman–Crippen MR) is 169 cm³/mol. The molecule has 1 heterocycles. The molecule has 1 rings (SSSR count). The van der Waals surface area contributed by atoms with Crippen LogP contribution in [-0.4, -0.2) is 109 Å². The summed E-state index contributed by atoms with van der Waals surface area (Å²) < 4.78 is 29.4. The number of ether oxygens (including phenoxy) is 3. The first-order valence-corrected chi connectivity index (χ1v) is 19.1. The van der Waals surface area contributed by atoms with E-state index in [1.165, 1.54) is 109 Å². The lowest BCUT2D eigenvalue weighted by Gasteiger charge is -2.31. The maximum Gasteiger partial charge on any atom is 0.498 e. The van der Waals surface area contributed by atoms with Gasteiger partial charge in [-0.05, 0) is 12.8 Å². The Hall–Kier alpha value is -0.103. The van der Waals surface area contributed by atoms with E-state index in [9.17, 15) is 4.80 Å². The molecular formula is C32H68NO7Si+. The average molecular weight is 607 g/mol. The number of aliphatic hydroxyl groups is 1. The molecule has 1 aliphatic heterocycles. The zero-order chi connectivity index (χ0) is 29.9. The van der Waals surface area contributed by atoms with Gasteiger partial charge in [0.2, 0.25) is 0 Å². The first-order valence-electron chi connectivity index (χ1n) is 17.1. The highest BCUT2D eigenvalue weighted by molar-refractivity contribution is 6.59. The minimum atomic E-state index is -3.26. The van der Waals surface area contributed by atoms with E-state index in [-0.39, 0.29) is 19.3 Å². The summed E-state index contributed by atoms with van der Waals surface area (Å²) in [6, 6.07) is 0.551. The molecule has 0 amide bonds. The van der Waals surface area contributed by atoms with Crippen molar-refractivity contribution in [2.75, 3.05) is 80.0 Å². The second-order valence-electron chi connectivity index (χ2n) is 12.6. The van der Waals surface area contributed by atoms with Crippen LogP contribution in [0.25, 0.3) is 0 Å². The summed E-state index contributed by atoms with van der Waals surface area (Å²) in [7, 11) is 1.32. The number of quaternary nitrogens is 1. The molecule has 0 atom stereocenters. The number of nitrogens with zero attached hydrogens (tertiary/aromatic N) is 1. The van der Waals surface area contributed by atoms with E-state index < -0.39 is 8.80 Å². The second kappa shape index (κ2) is 26.3. The van der Waals surface area contributed by atoms with Crippen LogP contribution in [0.1, 0.15) is 116 Å². The summed E-state index contributed by atoms with van der Waals surface area (Å²) in [5.41, 5.74) is 0. The molecule has 41 heavy (non-hydrogen) atoms. The third-order valence-electron chi connectivity index (χ3n) is 8.04. The third kappa shape index (κ3) is 24.0. The van der Waals surface area contributed by atoms with E-state index in [1.54, 1.807) is 0 Å². The minimum Gasteiger partial charge on any atom is -0.394 e. The van der Waals surface area contributed by atoms with Gasteiger partial charge in [-0.2, -0.15) is 0 Å². The van der Waals surface area contributed by atoms with Crippen LogP contribution in [0.15, 0.2) is 0 Å². The number of aliphatic hydroxyl groups excluding tert-OH is 1. The van der Waals surface area contributed by atoms with Gasteiger partial charge in [-0.15, -0.1) is 0 Å². The van der Waals surface area contributed by atoms with Gasteiger partial charge in [-0.1, -0.05) is 96.8 Å². The van der Waals surface area contributed by atoms with E-state index in [1.807, 2.05) is 0 Å². The largest absolute Gasteiger partial charge is 0.498 e. The maximum absolute atomic E-state index is 11.1. The molecule has 246 valence electrons. The average Bonchev–Trinajstić information content (AvgIpc) is 2.94. The lowest BCUT2D eigenvalue weighted by molar-refractivity contribution is -0.890. The molecule has 0 unspecified atom stereocenters. The quantitative estimate of drug-likeness (QED) is 0.0780. The van der Waals surface area contributed by atoms with Gasteiger partial charge in [0, 0.05) is 12.5 Å². The Morgan fingerprint density at radius 3 is 1.56 bits per heavy atom. The van der Waals surface area contributed by atoms with Gasteiger partial charge in [-0.25, -0.2) is 0 Å². The third-order valence-corrected chi connectivity index (χ3v) is 10.3. The summed E-state index contributed by atoms with van der Waals surface area (Å²) >= 11 is 0. The fraction of sp³-hybridized carbons (Fsp3) is 1.00. The molecule has 0 radical (unpaired) electrons. The van der Waals surface area contributed by atoms with Gasteiger partial charge >= 0.3 is 8.80 Å². The van der Waals surface area contributed by atoms with Crippen LogP contribution < -0.4 is 0 Å². The van der Waals surface area contributed by atoms with Crippen molar-refractivity contribution in [2.24, 2.45) is 0 Å². The standard InChI is InChI=1S/C32H68NO7Si/c1-4-5-6-7-8-9-10-11-12-13-14-15-16-17-18-19-21-33(2,3)22-20-29-41(35)39-27-25-36-30-32(38-24-23-34)31-37-26-28-40-41/h32,34-35H,4-31H2,1-3H3/q+1. The molecule has 0 aromatic carbocycles. The molecule has 9 heteroatoms. The Labute approximate surface area is 254 Å². The van der Waals surface area contributed by atoms with Crippen molar-refractivity contribution in [1.82, 2.24) is 0 Å². The van der Waals surface area contributed by atoms with E-state index in [0.29, 0.717) is 45.7 Å². The Kier molecular flexibility index (Phi) is 25.0. The molecular weight excluding hydrogens is 538 g/mol.